The molecular weight excluding hydrogens is 256 g/mol. The number of hydrogen-bond donors (Lipinski definition) is 3. The number of hydrogen-bond acceptors (Lipinski definition) is 3. The summed E-state index contributed by atoms with van der Waals surface area (Å²) in [5.41, 5.74) is 0.647. The quantitative estimate of drug-likeness (QED) is 0.718. The Labute approximate surface area is 120 Å². The van der Waals surface area contributed by atoms with Crippen molar-refractivity contribution >= 4 is 11.7 Å². The zero-order valence-electron chi connectivity index (χ0n) is 12.8. The Kier molecular flexibility index (Phi) is 6.51. The molecule has 0 spiro atoms. The van der Waals surface area contributed by atoms with E-state index in [9.17, 15) is 9.90 Å². The van der Waals surface area contributed by atoms with Crippen LogP contribution < -0.4 is 10.6 Å². The van der Waals surface area contributed by atoms with Crippen LogP contribution in [0.5, 0.6) is 0 Å². The molecule has 0 aliphatic rings. The van der Waals surface area contributed by atoms with Gasteiger partial charge in [0.05, 0.1) is 18.0 Å². The minimum Gasteiger partial charge on any atom is -0.391 e. The number of carbonyl (C=O) groups is 1. The predicted molar refractivity (Wildman–Crippen MR) is 79.7 cm³/mol. The van der Waals surface area contributed by atoms with Crippen molar-refractivity contribution in [2.75, 3.05) is 11.9 Å². The van der Waals surface area contributed by atoms with E-state index in [0.717, 1.165) is 12.8 Å². The van der Waals surface area contributed by atoms with Gasteiger partial charge in [0.2, 0.25) is 0 Å². The fourth-order valence-corrected chi connectivity index (χ4v) is 2.06. The molecule has 0 saturated carbocycles. The zero-order valence-corrected chi connectivity index (χ0v) is 12.8. The molecule has 114 valence electrons. The van der Waals surface area contributed by atoms with Crippen molar-refractivity contribution in [3.8, 4) is 0 Å². The Balaban J connectivity index is 2.39. The Morgan fingerprint density at radius 3 is 2.55 bits per heavy atom. The van der Waals surface area contributed by atoms with Gasteiger partial charge in [-0.3, -0.25) is 4.68 Å². The number of aliphatic hydroxyl groups is 1. The number of rotatable bonds is 7. The predicted octanol–water partition coefficient (Wildman–Crippen LogP) is 2.38. The highest BCUT2D eigenvalue weighted by atomic mass is 16.3. The van der Waals surface area contributed by atoms with E-state index in [2.05, 4.69) is 15.7 Å². The molecule has 1 aromatic rings. The maximum atomic E-state index is 11.7. The Hall–Kier alpha value is -1.56. The number of nitrogens with one attached hydrogen (secondary N) is 2. The van der Waals surface area contributed by atoms with Crippen molar-refractivity contribution in [3.63, 3.8) is 0 Å². The van der Waals surface area contributed by atoms with E-state index in [-0.39, 0.29) is 24.5 Å². The van der Waals surface area contributed by atoms with Crippen LogP contribution in [0.4, 0.5) is 10.5 Å². The lowest BCUT2D eigenvalue weighted by Crippen LogP contribution is -2.38. The summed E-state index contributed by atoms with van der Waals surface area (Å²) in [7, 11) is 0. The largest absolute Gasteiger partial charge is 0.391 e. The lowest BCUT2D eigenvalue weighted by Gasteiger charge is -2.20. The topological polar surface area (TPSA) is 79.2 Å². The number of urea groups is 1. The van der Waals surface area contributed by atoms with Gasteiger partial charge in [-0.2, -0.15) is 5.10 Å². The van der Waals surface area contributed by atoms with E-state index >= 15 is 0 Å². The van der Waals surface area contributed by atoms with Gasteiger partial charge in [-0.05, 0) is 19.8 Å². The molecule has 1 heterocycles. The van der Waals surface area contributed by atoms with Crippen molar-refractivity contribution in [2.45, 2.75) is 52.7 Å². The fraction of sp³-hybridized carbons (Fsp3) is 0.714. The Morgan fingerprint density at radius 1 is 1.40 bits per heavy atom. The van der Waals surface area contributed by atoms with Crippen LogP contribution in [0.2, 0.25) is 0 Å². The number of nitrogens with zero attached hydrogens (tertiary/aromatic N) is 2. The van der Waals surface area contributed by atoms with Crippen molar-refractivity contribution < 1.29 is 9.90 Å². The van der Waals surface area contributed by atoms with Gasteiger partial charge in [0, 0.05) is 18.8 Å². The van der Waals surface area contributed by atoms with Crippen molar-refractivity contribution in [1.82, 2.24) is 15.1 Å². The minimum absolute atomic E-state index is 0.221. The smallest absolute Gasteiger partial charge is 0.319 e. The van der Waals surface area contributed by atoms with Gasteiger partial charge in [-0.15, -0.1) is 0 Å². The second-order valence-corrected chi connectivity index (χ2v) is 5.28. The molecular formula is C14H26N4O2. The molecule has 0 aliphatic carbocycles. The molecule has 6 nitrogen and oxygen atoms in total. The average molecular weight is 282 g/mol. The van der Waals surface area contributed by atoms with E-state index in [1.165, 1.54) is 0 Å². The summed E-state index contributed by atoms with van der Waals surface area (Å²) < 4.78 is 1.77. The Bertz CT molecular complexity index is 413. The highest BCUT2D eigenvalue weighted by Gasteiger charge is 2.16. The van der Waals surface area contributed by atoms with Crippen LogP contribution in [0, 0.1) is 5.92 Å². The third-order valence-electron chi connectivity index (χ3n) is 3.45. The standard InChI is InChI=1S/C14H26N4O2/c1-5-11(6-2)13(19)8-15-14(20)17-12-7-16-18(9-12)10(3)4/h7,9-11,13,19H,5-6,8H2,1-4H3,(H2,15,17,20). The van der Waals surface area contributed by atoms with Gasteiger partial charge in [0.15, 0.2) is 0 Å². The maximum absolute atomic E-state index is 11.7. The third-order valence-corrected chi connectivity index (χ3v) is 3.45. The zero-order chi connectivity index (χ0) is 15.1. The van der Waals surface area contributed by atoms with Gasteiger partial charge in [0.25, 0.3) is 0 Å². The molecule has 0 bridgehead atoms. The number of aliphatic hydroxyl groups excluding tert-OH is 1. The summed E-state index contributed by atoms with van der Waals surface area (Å²) in [6, 6.07) is -0.0661. The lowest BCUT2D eigenvalue weighted by atomic mass is 9.97. The van der Waals surface area contributed by atoms with Crippen molar-refractivity contribution in [3.05, 3.63) is 12.4 Å². The number of aromatic nitrogens is 2. The highest BCUT2D eigenvalue weighted by molar-refractivity contribution is 5.88. The molecule has 1 rings (SSSR count). The summed E-state index contributed by atoms with van der Waals surface area (Å²) in [6.07, 6.45) is 4.69. The summed E-state index contributed by atoms with van der Waals surface area (Å²) in [5, 5.41) is 19.5. The molecule has 0 saturated heterocycles. The summed E-state index contributed by atoms with van der Waals surface area (Å²) >= 11 is 0. The van der Waals surface area contributed by atoms with Gasteiger partial charge in [-0.1, -0.05) is 26.7 Å². The van der Waals surface area contributed by atoms with Crippen LogP contribution in [-0.4, -0.2) is 33.6 Å². The Morgan fingerprint density at radius 2 is 2.05 bits per heavy atom. The van der Waals surface area contributed by atoms with E-state index in [0.29, 0.717) is 5.69 Å². The molecule has 20 heavy (non-hydrogen) atoms. The first-order valence-corrected chi connectivity index (χ1v) is 7.24. The SMILES string of the molecule is CCC(CC)C(O)CNC(=O)Nc1cnn(C(C)C)c1. The van der Waals surface area contributed by atoms with E-state index < -0.39 is 6.10 Å². The minimum atomic E-state index is -0.505. The summed E-state index contributed by atoms with van der Waals surface area (Å²) in [4.78, 5) is 11.7. The molecule has 0 aliphatic heterocycles. The second-order valence-electron chi connectivity index (χ2n) is 5.28. The summed E-state index contributed by atoms with van der Waals surface area (Å²) in [5.74, 6) is 0.221. The van der Waals surface area contributed by atoms with Crippen molar-refractivity contribution in [2.24, 2.45) is 5.92 Å². The molecule has 1 unspecified atom stereocenters. The highest BCUT2D eigenvalue weighted by Crippen LogP contribution is 2.12. The second kappa shape index (κ2) is 7.89. The number of amides is 2. The third kappa shape index (κ3) is 4.85. The van der Waals surface area contributed by atoms with Crippen LogP contribution >= 0.6 is 0 Å². The van der Waals surface area contributed by atoms with Gasteiger partial charge in [-0.25, -0.2) is 4.79 Å². The molecule has 2 amide bonds. The maximum Gasteiger partial charge on any atom is 0.319 e. The monoisotopic (exact) mass is 282 g/mol. The first kappa shape index (κ1) is 16.5. The van der Waals surface area contributed by atoms with Crippen LogP contribution in [-0.2, 0) is 0 Å². The number of anilines is 1. The van der Waals surface area contributed by atoms with E-state index in [1.807, 2.05) is 27.7 Å². The first-order valence-electron chi connectivity index (χ1n) is 7.24. The van der Waals surface area contributed by atoms with Crippen LogP contribution in [0.25, 0.3) is 0 Å². The molecule has 1 aromatic heterocycles. The van der Waals surface area contributed by atoms with E-state index in [1.54, 1.807) is 17.1 Å². The number of carbonyl (C=O) groups excluding carboxylic acids is 1. The first-order chi connectivity index (χ1) is 9.47. The van der Waals surface area contributed by atoms with Crippen molar-refractivity contribution in [1.29, 1.82) is 0 Å². The lowest BCUT2D eigenvalue weighted by molar-refractivity contribution is 0.104. The molecule has 0 radical (unpaired) electrons. The van der Waals surface area contributed by atoms with Crippen LogP contribution in [0.3, 0.4) is 0 Å². The summed E-state index contributed by atoms with van der Waals surface area (Å²) in [6.45, 7) is 8.37. The van der Waals surface area contributed by atoms with Gasteiger partial charge < -0.3 is 15.7 Å². The average Bonchev–Trinajstić information content (AvgIpc) is 2.86. The molecule has 1 atom stereocenters. The molecule has 3 N–H and O–H groups in total. The van der Waals surface area contributed by atoms with Crippen LogP contribution in [0.15, 0.2) is 12.4 Å². The normalized spacial score (nSPS) is 12.8. The molecule has 6 heteroatoms. The van der Waals surface area contributed by atoms with Crippen LogP contribution in [0.1, 0.15) is 46.6 Å². The van der Waals surface area contributed by atoms with Gasteiger partial charge >= 0.3 is 6.03 Å². The van der Waals surface area contributed by atoms with E-state index in [4.69, 9.17) is 0 Å². The molecule has 0 aromatic carbocycles. The van der Waals surface area contributed by atoms with Gasteiger partial charge in [0.1, 0.15) is 0 Å². The fourth-order valence-electron chi connectivity index (χ4n) is 2.06. The molecule has 0 fully saturated rings.